The van der Waals surface area contributed by atoms with Crippen molar-refractivity contribution in [1.29, 1.82) is 0 Å². The number of carbonyl (C=O) groups is 1. The number of nitrogens with two attached hydrogens (primary N) is 1. The maximum Gasteiger partial charge on any atom is 0.220 e. The van der Waals surface area contributed by atoms with Crippen LogP contribution in [0.3, 0.4) is 0 Å². The first kappa shape index (κ1) is 16.4. The molecule has 0 heterocycles. The second-order valence-electron chi connectivity index (χ2n) is 4.84. The van der Waals surface area contributed by atoms with Crippen molar-refractivity contribution >= 4 is 5.91 Å². The molecule has 0 aliphatic heterocycles. The highest BCUT2D eigenvalue weighted by Gasteiger charge is 2.07. The van der Waals surface area contributed by atoms with Gasteiger partial charge in [-0.2, -0.15) is 0 Å². The van der Waals surface area contributed by atoms with Gasteiger partial charge in [-0.1, -0.05) is 45.4 Å². The lowest BCUT2D eigenvalue weighted by Crippen LogP contribution is -2.20. The van der Waals surface area contributed by atoms with Crippen LogP contribution >= 0.6 is 0 Å². The normalized spacial score (nSPS) is 12.9. The van der Waals surface area contributed by atoms with Crippen LogP contribution < -0.4 is 5.73 Å². The fourth-order valence-electron chi connectivity index (χ4n) is 1.80. The van der Waals surface area contributed by atoms with Gasteiger partial charge in [0.1, 0.15) is 0 Å². The zero-order chi connectivity index (χ0) is 13.1. The predicted octanol–water partition coefficient (Wildman–Crippen LogP) is 1.93. The Morgan fingerprint density at radius 1 is 0.941 bits per heavy atom. The molecule has 0 saturated carbocycles. The van der Waals surface area contributed by atoms with Crippen LogP contribution in [0.5, 0.6) is 0 Å². The molecule has 0 aliphatic rings. The first-order valence-electron chi connectivity index (χ1n) is 6.69. The largest absolute Gasteiger partial charge is 0.369 e. The van der Waals surface area contributed by atoms with Gasteiger partial charge in [-0.05, 0) is 19.3 Å². The molecule has 1 amide bonds. The minimum absolute atomic E-state index is 0.000965. The number of amides is 1. The van der Waals surface area contributed by atoms with E-state index in [4.69, 9.17) is 15.9 Å². The van der Waals surface area contributed by atoms with E-state index < -0.39 is 6.29 Å². The number of primary amides is 1. The smallest absolute Gasteiger partial charge is 0.220 e. The van der Waals surface area contributed by atoms with Gasteiger partial charge >= 0.3 is 0 Å². The van der Waals surface area contributed by atoms with Gasteiger partial charge in [0.05, 0.1) is 0 Å². The average molecular weight is 245 g/mol. The maximum atomic E-state index is 10.8. The van der Waals surface area contributed by atoms with Crippen LogP contribution in [-0.2, 0) is 4.79 Å². The van der Waals surface area contributed by atoms with Crippen LogP contribution in [-0.4, -0.2) is 22.4 Å². The third kappa shape index (κ3) is 11.6. The summed E-state index contributed by atoms with van der Waals surface area (Å²) >= 11 is 0. The molecule has 0 rings (SSSR count). The van der Waals surface area contributed by atoms with Gasteiger partial charge in [0.2, 0.25) is 5.91 Å². The SMILES string of the molecule is CC(CCCCCCCCCC(O)O)C(N)=O. The van der Waals surface area contributed by atoms with Gasteiger partial charge < -0.3 is 15.9 Å². The summed E-state index contributed by atoms with van der Waals surface area (Å²) in [6.07, 6.45) is 7.93. The Labute approximate surface area is 104 Å². The van der Waals surface area contributed by atoms with Crippen molar-refractivity contribution in [2.75, 3.05) is 0 Å². The zero-order valence-electron chi connectivity index (χ0n) is 10.9. The number of rotatable bonds is 11. The fourth-order valence-corrected chi connectivity index (χ4v) is 1.80. The Morgan fingerprint density at radius 3 is 1.76 bits per heavy atom. The second kappa shape index (κ2) is 10.5. The molecule has 1 unspecified atom stereocenters. The number of carbonyl (C=O) groups excluding carboxylic acids is 1. The second-order valence-corrected chi connectivity index (χ2v) is 4.84. The molecule has 0 spiro atoms. The number of aliphatic hydroxyl groups is 2. The molecule has 0 fully saturated rings. The Kier molecular flexibility index (Phi) is 10.2. The van der Waals surface area contributed by atoms with Gasteiger partial charge in [-0.25, -0.2) is 0 Å². The summed E-state index contributed by atoms with van der Waals surface area (Å²) in [6, 6.07) is 0. The minimum atomic E-state index is -1.15. The summed E-state index contributed by atoms with van der Waals surface area (Å²) < 4.78 is 0. The Balaban J connectivity index is 3.11. The summed E-state index contributed by atoms with van der Waals surface area (Å²) in [7, 11) is 0. The lowest BCUT2D eigenvalue weighted by molar-refractivity contribution is -0.121. The Morgan fingerprint density at radius 2 is 1.35 bits per heavy atom. The molecule has 0 aromatic heterocycles. The molecule has 102 valence electrons. The molecule has 4 N–H and O–H groups in total. The first-order valence-corrected chi connectivity index (χ1v) is 6.69. The monoisotopic (exact) mass is 245 g/mol. The van der Waals surface area contributed by atoms with Crippen molar-refractivity contribution < 1.29 is 15.0 Å². The average Bonchev–Trinajstić information content (AvgIpc) is 2.25. The van der Waals surface area contributed by atoms with E-state index in [1.807, 2.05) is 6.92 Å². The van der Waals surface area contributed by atoms with Gasteiger partial charge in [0.15, 0.2) is 6.29 Å². The standard InChI is InChI=1S/C13H27NO3/c1-11(13(14)17)9-7-5-3-2-4-6-8-10-12(15)16/h11-12,15-16H,2-10H2,1H3,(H2,14,17). The van der Waals surface area contributed by atoms with Crippen LogP contribution in [0.4, 0.5) is 0 Å². The lowest BCUT2D eigenvalue weighted by atomic mass is 10.0. The van der Waals surface area contributed by atoms with Crippen molar-refractivity contribution in [3.05, 3.63) is 0 Å². The van der Waals surface area contributed by atoms with Crippen molar-refractivity contribution in [3.8, 4) is 0 Å². The van der Waals surface area contributed by atoms with Gasteiger partial charge in [0.25, 0.3) is 0 Å². The minimum Gasteiger partial charge on any atom is -0.369 e. The quantitative estimate of drug-likeness (QED) is 0.384. The molecule has 0 bridgehead atoms. The van der Waals surface area contributed by atoms with Gasteiger partial charge in [-0.3, -0.25) is 4.79 Å². The van der Waals surface area contributed by atoms with E-state index in [1.54, 1.807) is 0 Å². The van der Waals surface area contributed by atoms with Crippen molar-refractivity contribution in [1.82, 2.24) is 0 Å². The molecule has 1 atom stereocenters. The third-order valence-electron chi connectivity index (χ3n) is 3.09. The van der Waals surface area contributed by atoms with Crippen molar-refractivity contribution in [3.63, 3.8) is 0 Å². The molecule has 17 heavy (non-hydrogen) atoms. The van der Waals surface area contributed by atoms with Crippen molar-refractivity contribution in [2.45, 2.75) is 71.0 Å². The summed E-state index contributed by atoms with van der Waals surface area (Å²) in [5, 5.41) is 17.3. The highest BCUT2D eigenvalue weighted by Crippen LogP contribution is 2.13. The van der Waals surface area contributed by atoms with Gasteiger partial charge in [0, 0.05) is 5.92 Å². The van der Waals surface area contributed by atoms with Crippen LogP contribution in [0.2, 0.25) is 0 Å². The summed E-state index contributed by atoms with van der Waals surface area (Å²) in [5.41, 5.74) is 5.18. The molecular weight excluding hydrogens is 218 g/mol. The Bertz CT molecular complexity index is 195. The van der Waals surface area contributed by atoms with Crippen molar-refractivity contribution in [2.24, 2.45) is 11.7 Å². The van der Waals surface area contributed by atoms with Crippen LogP contribution in [0, 0.1) is 5.92 Å². The van der Waals surface area contributed by atoms with Crippen LogP contribution in [0.25, 0.3) is 0 Å². The van der Waals surface area contributed by atoms with E-state index in [2.05, 4.69) is 0 Å². The molecule has 0 aromatic carbocycles. The van der Waals surface area contributed by atoms with Gasteiger partial charge in [-0.15, -0.1) is 0 Å². The number of hydrogen-bond acceptors (Lipinski definition) is 3. The van der Waals surface area contributed by atoms with E-state index >= 15 is 0 Å². The molecule has 4 nitrogen and oxygen atoms in total. The zero-order valence-corrected chi connectivity index (χ0v) is 10.9. The number of hydrogen-bond donors (Lipinski definition) is 3. The first-order chi connectivity index (χ1) is 8.04. The molecule has 0 saturated heterocycles. The van der Waals surface area contributed by atoms with E-state index in [-0.39, 0.29) is 11.8 Å². The van der Waals surface area contributed by atoms with E-state index in [0.29, 0.717) is 6.42 Å². The fraction of sp³-hybridized carbons (Fsp3) is 0.923. The van der Waals surface area contributed by atoms with E-state index in [0.717, 1.165) is 38.5 Å². The lowest BCUT2D eigenvalue weighted by Gasteiger charge is -2.06. The highest BCUT2D eigenvalue weighted by molar-refractivity contribution is 5.76. The molecule has 0 aliphatic carbocycles. The van der Waals surface area contributed by atoms with Crippen LogP contribution in [0.15, 0.2) is 0 Å². The maximum absolute atomic E-state index is 10.8. The molecule has 0 radical (unpaired) electrons. The highest BCUT2D eigenvalue weighted by atomic mass is 16.5. The number of aliphatic hydroxyl groups excluding tert-OH is 1. The summed E-state index contributed by atoms with van der Waals surface area (Å²) in [6.45, 7) is 1.88. The summed E-state index contributed by atoms with van der Waals surface area (Å²) in [4.78, 5) is 10.8. The summed E-state index contributed by atoms with van der Waals surface area (Å²) in [5.74, 6) is -0.200. The number of unbranched alkanes of at least 4 members (excludes halogenated alkanes) is 6. The Hall–Kier alpha value is -0.610. The topological polar surface area (TPSA) is 83.6 Å². The molecule has 0 aromatic rings. The van der Waals surface area contributed by atoms with E-state index in [1.165, 1.54) is 12.8 Å². The van der Waals surface area contributed by atoms with E-state index in [9.17, 15) is 4.79 Å². The molecular formula is C13H27NO3. The predicted molar refractivity (Wildman–Crippen MR) is 68.1 cm³/mol. The third-order valence-corrected chi connectivity index (χ3v) is 3.09. The molecule has 4 heteroatoms. The van der Waals surface area contributed by atoms with Crippen LogP contribution in [0.1, 0.15) is 64.7 Å².